The van der Waals surface area contributed by atoms with Crippen LogP contribution in [0, 0.1) is 0 Å². The predicted molar refractivity (Wildman–Crippen MR) is 51.0 cm³/mol. The molecule has 0 saturated heterocycles. The van der Waals surface area contributed by atoms with Crippen LogP contribution in [0.5, 0.6) is 0 Å². The summed E-state index contributed by atoms with van der Waals surface area (Å²) in [6.45, 7) is 9.17. The van der Waals surface area contributed by atoms with Crippen molar-refractivity contribution in [3.8, 4) is 0 Å². The van der Waals surface area contributed by atoms with Gasteiger partial charge in [0.05, 0.1) is 0 Å². The molecule has 0 aromatic rings. The van der Waals surface area contributed by atoms with Crippen LogP contribution >= 0.6 is 0 Å². The first kappa shape index (κ1) is 13.5. The van der Waals surface area contributed by atoms with Gasteiger partial charge in [0.2, 0.25) is 0 Å². The molecule has 0 aliphatic rings. The van der Waals surface area contributed by atoms with E-state index in [4.69, 9.17) is 4.74 Å². The van der Waals surface area contributed by atoms with E-state index in [0.29, 0.717) is 0 Å². The van der Waals surface area contributed by atoms with E-state index in [-0.39, 0.29) is 0 Å². The first-order valence-corrected chi connectivity index (χ1v) is 4.55. The lowest BCUT2D eigenvalue weighted by atomic mass is 10.5. The van der Waals surface area contributed by atoms with Crippen molar-refractivity contribution < 1.29 is 4.74 Å². The maximum Gasteiger partial charge on any atom is 0.0463 e. The van der Waals surface area contributed by atoms with Crippen LogP contribution in [-0.4, -0.2) is 26.8 Å². The molecule has 1 N–H and O–H groups in total. The van der Waals surface area contributed by atoms with Crippen LogP contribution in [0.4, 0.5) is 0 Å². The van der Waals surface area contributed by atoms with Gasteiger partial charge < -0.3 is 10.1 Å². The summed E-state index contributed by atoms with van der Waals surface area (Å²) >= 11 is 0. The minimum absolute atomic E-state index is 0.855. The minimum atomic E-state index is 0.855. The fourth-order valence-corrected chi connectivity index (χ4v) is 0.539. The van der Waals surface area contributed by atoms with Gasteiger partial charge in [0, 0.05) is 13.2 Å². The second-order valence-corrected chi connectivity index (χ2v) is 2.30. The van der Waals surface area contributed by atoms with E-state index in [2.05, 4.69) is 19.2 Å². The summed E-state index contributed by atoms with van der Waals surface area (Å²) in [6.07, 6.45) is 2.37. The quantitative estimate of drug-likeness (QED) is 0.623. The fourth-order valence-electron chi connectivity index (χ4n) is 0.539. The van der Waals surface area contributed by atoms with Gasteiger partial charge in [0.1, 0.15) is 0 Å². The Morgan fingerprint density at radius 1 is 1.09 bits per heavy atom. The lowest BCUT2D eigenvalue weighted by Crippen LogP contribution is -2.04. The molecule has 0 radical (unpaired) electrons. The molecule has 0 atom stereocenters. The van der Waals surface area contributed by atoms with Crippen molar-refractivity contribution in [3.63, 3.8) is 0 Å². The number of nitrogens with one attached hydrogen (secondary N) is 1. The molecule has 0 aliphatic heterocycles. The summed E-state index contributed by atoms with van der Waals surface area (Å²) < 4.78 is 4.98. The monoisotopic (exact) mass is 161 g/mol. The van der Waals surface area contributed by atoms with E-state index in [9.17, 15) is 0 Å². The second-order valence-electron chi connectivity index (χ2n) is 2.30. The van der Waals surface area contributed by atoms with Crippen molar-refractivity contribution in [2.75, 3.05) is 26.8 Å². The van der Waals surface area contributed by atoms with Gasteiger partial charge in [0.25, 0.3) is 0 Å². The zero-order valence-corrected chi connectivity index (χ0v) is 8.44. The van der Waals surface area contributed by atoms with Crippen LogP contribution in [-0.2, 0) is 4.74 Å². The first-order valence-electron chi connectivity index (χ1n) is 4.55. The molecule has 0 aromatic carbocycles. The van der Waals surface area contributed by atoms with E-state index < -0.39 is 0 Å². The summed E-state index contributed by atoms with van der Waals surface area (Å²) in [4.78, 5) is 0. The molecule has 0 aliphatic carbocycles. The van der Waals surface area contributed by atoms with Crippen LogP contribution in [0.1, 0.15) is 33.6 Å². The maximum absolute atomic E-state index is 4.98. The molecule has 0 rings (SSSR count). The van der Waals surface area contributed by atoms with Gasteiger partial charge in [-0.1, -0.05) is 13.8 Å². The Morgan fingerprint density at radius 2 is 1.73 bits per heavy atom. The topological polar surface area (TPSA) is 21.3 Å². The Labute approximate surface area is 71.3 Å². The average Bonchev–Trinajstić information content (AvgIpc) is 2.04. The third-order valence-corrected chi connectivity index (χ3v) is 1.05. The second kappa shape index (κ2) is 16.5. The predicted octanol–water partition coefficient (Wildman–Crippen LogP) is 2.05. The van der Waals surface area contributed by atoms with Gasteiger partial charge in [-0.2, -0.15) is 0 Å². The highest BCUT2D eigenvalue weighted by Crippen LogP contribution is 1.75. The van der Waals surface area contributed by atoms with Crippen LogP contribution in [0.25, 0.3) is 0 Å². The smallest absolute Gasteiger partial charge is 0.0463 e. The normalized spacial score (nSPS) is 8.73. The van der Waals surface area contributed by atoms with E-state index in [1.807, 2.05) is 14.0 Å². The molecule has 0 fully saturated rings. The van der Waals surface area contributed by atoms with Crippen LogP contribution in [0.3, 0.4) is 0 Å². The van der Waals surface area contributed by atoms with Gasteiger partial charge in [-0.3, -0.25) is 0 Å². The molecule has 0 heterocycles. The molecule has 0 unspecified atom stereocenters. The van der Waals surface area contributed by atoms with Gasteiger partial charge in [-0.05, 0) is 33.4 Å². The number of hydrogen-bond donors (Lipinski definition) is 1. The maximum atomic E-state index is 4.98. The van der Waals surface area contributed by atoms with Crippen molar-refractivity contribution >= 4 is 0 Å². The summed E-state index contributed by atoms with van der Waals surface area (Å²) in [5.41, 5.74) is 0. The number of rotatable bonds is 5. The van der Waals surface area contributed by atoms with Gasteiger partial charge >= 0.3 is 0 Å². The third kappa shape index (κ3) is 25.7. The molecule has 0 spiro atoms. The molecule has 2 nitrogen and oxygen atoms in total. The minimum Gasteiger partial charge on any atom is -0.382 e. The lowest BCUT2D eigenvalue weighted by Gasteiger charge is -1.91. The first-order chi connectivity index (χ1) is 5.33. The van der Waals surface area contributed by atoms with Crippen molar-refractivity contribution in [1.29, 1.82) is 0 Å². The van der Waals surface area contributed by atoms with Crippen molar-refractivity contribution in [1.82, 2.24) is 5.32 Å². The molecule has 2 heteroatoms. The van der Waals surface area contributed by atoms with Crippen LogP contribution in [0.2, 0.25) is 0 Å². The summed E-state index contributed by atoms with van der Waals surface area (Å²) in [7, 11) is 1.96. The van der Waals surface area contributed by atoms with Gasteiger partial charge in [-0.25, -0.2) is 0 Å². The Bertz CT molecular complexity index is 42.8. The molecular weight excluding hydrogens is 138 g/mol. The molecular formula is C9H23NO. The standard InChI is InChI=1S/C5H12O.C4H11N/c1-3-5-6-4-2;1-3-4-5-2/h3-5H2,1-2H3;5H,3-4H2,1-2H3. The highest BCUT2D eigenvalue weighted by Gasteiger charge is 1.72. The summed E-state index contributed by atoms with van der Waals surface area (Å²) in [5, 5.41) is 3.02. The molecule has 0 amide bonds. The number of hydrogen-bond acceptors (Lipinski definition) is 2. The zero-order valence-electron chi connectivity index (χ0n) is 8.44. The lowest BCUT2D eigenvalue weighted by molar-refractivity contribution is 0.148. The highest BCUT2D eigenvalue weighted by atomic mass is 16.5. The molecule has 70 valence electrons. The molecule has 0 saturated carbocycles. The van der Waals surface area contributed by atoms with E-state index >= 15 is 0 Å². The van der Waals surface area contributed by atoms with E-state index in [1.54, 1.807) is 0 Å². The van der Waals surface area contributed by atoms with Gasteiger partial charge in [-0.15, -0.1) is 0 Å². The van der Waals surface area contributed by atoms with Crippen LogP contribution < -0.4 is 5.32 Å². The largest absolute Gasteiger partial charge is 0.382 e. The van der Waals surface area contributed by atoms with Gasteiger partial charge in [0.15, 0.2) is 0 Å². The Morgan fingerprint density at radius 3 is 1.82 bits per heavy atom. The van der Waals surface area contributed by atoms with Crippen molar-refractivity contribution in [2.45, 2.75) is 33.6 Å². The van der Waals surface area contributed by atoms with E-state index in [1.165, 1.54) is 6.42 Å². The third-order valence-electron chi connectivity index (χ3n) is 1.05. The highest BCUT2D eigenvalue weighted by molar-refractivity contribution is 4.28. The average molecular weight is 161 g/mol. The molecule has 11 heavy (non-hydrogen) atoms. The molecule has 0 aromatic heterocycles. The summed E-state index contributed by atoms with van der Waals surface area (Å²) in [6, 6.07) is 0. The van der Waals surface area contributed by atoms with E-state index in [0.717, 1.165) is 26.2 Å². The van der Waals surface area contributed by atoms with Crippen molar-refractivity contribution in [3.05, 3.63) is 0 Å². The SMILES string of the molecule is CCCNC.CCCOCC. The summed E-state index contributed by atoms with van der Waals surface area (Å²) in [5.74, 6) is 0. The van der Waals surface area contributed by atoms with Crippen molar-refractivity contribution in [2.24, 2.45) is 0 Å². The van der Waals surface area contributed by atoms with Crippen LogP contribution in [0.15, 0.2) is 0 Å². The number of ether oxygens (including phenoxy) is 1. The Hall–Kier alpha value is -0.0800. The fraction of sp³-hybridized carbons (Fsp3) is 1.00. The Balaban J connectivity index is 0. The molecule has 0 bridgehead atoms. The zero-order chi connectivity index (χ0) is 8.95. The Kier molecular flexibility index (Phi) is 20.2.